The molecule has 0 aliphatic rings. The molecule has 0 saturated carbocycles. The van der Waals surface area contributed by atoms with Crippen LogP contribution in [-0.4, -0.2) is 5.11 Å². The van der Waals surface area contributed by atoms with Gasteiger partial charge in [0.2, 0.25) is 0 Å². The first-order chi connectivity index (χ1) is 8.00. The highest BCUT2D eigenvalue weighted by Crippen LogP contribution is 2.33. The summed E-state index contributed by atoms with van der Waals surface area (Å²) < 4.78 is 13.2. The van der Waals surface area contributed by atoms with Gasteiger partial charge in [0.25, 0.3) is 0 Å². The molecule has 2 rings (SSSR count). The Balaban J connectivity index is 2.51. The van der Waals surface area contributed by atoms with Gasteiger partial charge in [-0.3, -0.25) is 0 Å². The molecule has 0 spiro atoms. The fourth-order valence-electron chi connectivity index (χ4n) is 2.15. The highest BCUT2D eigenvalue weighted by molar-refractivity contribution is 7.10. The van der Waals surface area contributed by atoms with Crippen molar-refractivity contribution in [2.75, 3.05) is 0 Å². The summed E-state index contributed by atoms with van der Waals surface area (Å²) in [5, 5.41) is 12.4. The Morgan fingerprint density at radius 2 is 1.71 bits per heavy atom. The molecule has 2 aromatic rings. The van der Waals surface area contributed by atoms with Gasteiger partial charge in [0.05, 0.1) is 0 Å². The topological polar surface area (TPSA) is 20.2 Å². The van der Waals surface area contributed by atoms with Crippen LogP contribution >= 0.6 is 11.3 Å². The van der Waals surface area contributed by atoms with Gasteiger partial charge in [-0.2, -0.15) is 0 Å². The molecule has 0 saturated heterocycles. The predicted octanol–water partition coefficient (Wildman–Crippen LogP) is 3.89. The van der Waals surface area contributed by atoms with Gasteiger partial charge in [-0.05, 0) is 66.6 Å². The summed E-state index contributed by atoms with van der Waals surface area (Å²) in [5.41, 5.74) is 3.48. The second-order valence-electron chi connectivity index (χ2n) is 4.32. The number of thiophene rings is 1. The molecular formula is C14H15FOS. The fourth-order valence-corrected chi connectivity index (χ4v) is 3.07. The summed E-state index contributed by atoms with van der Waals surface area (Å²) in [6.45, 7) is 5.64. The molecule has 17 heavy (non-hydrogen) atoms. The maximum atomic E-state index is 13.2. The van der Waals surface area contributed by atoms with E-state index in [-0.39, 0.29) is 5.82 Å². The van der Waals surface area contributed by atoms with Gasteiger partial charge in [0.15, 0.2) is 0 Å². The van der Waals surface area contributed by atoms with Crippen LogP contribution in [0.5, 0.6) is 0 Å². The van der Waals surface area contributed by atoms with Crippen molar-refractivity contribution in [3.05, 3.63) is 56.5 Å². The Labute approximate surface area is 105 Å². The predicted molar refractivity (Wildman–Crippen MR) is 69.0 cm³/mol. The van der Waals surface area contributed by atoms with Crippen LogP contribution in [0.2, 0.25) is 0 Å². The highest BCUT2D eigenvalue weighted by Gasteiger charge is 2.18. The second-order valence-corrected chi connectivity index (χ2v) is 5.27. The Morgan fingerprint density at radius 3 is 2.18 bits per heavy atom. The molecule has 0 aliphatic heterocycles. The monoisotopic (exact) mass is 250 g/mol. The summed E-state index contributed by atoms with van der Waals surface area (Å²) in [6, 6.07) is 4.92. The molecule has 3 heteroatoms. The number of benzene rings is 1. The lowest BCUT2D eigenvalue weighted by Gasteiger charge is -2.16. The molecule has 1 nitrogen and oxygen atoms in total. The van der Waals surface area contributed by atoms with Crippen LogP contribution in [0.15, 0.2) is 23.6 Å². The lowest BCUT2D eigenvalue weighted by molar-refractivity contribution is 0.222. The maximum absolute atomic E-state index is 13.2. The highest BCUT2D eigenvalue weighted by atomic mass is 32.1. The molecule has 1 heterocycles. The minimum atomic E-state index is -0.657. The SMILES string of the molecule is Cc1ccsc1C(O)c1c(C)cc(F)cc1C. The molecular weight excluding hydrogens is 235 g/mol. The smallest absolute Gasteiger partial charge is 0.123 e. The van der Waals surface area contributed by atoms with E-state index >= 15 is 0 Å². The largest absolute Gasteiger partial charge is 0.383 e. The third-order valence-corrected chi connectivity index (χ3v) is 4.05. The number of halogens is 1. The second kappa shape index (κ2) is 4.59. The minimum absolute atomic E-state index is 0.251. The van der Waals surface area contributed by atoms with E-state index in [1.165, 1.54) is 23.5 Å². The van der Waals surface area contributed by atoms with Crippen molar-refractivity contribution in [2.24, 2.45) is 0 Å². The number of hydrogen-bond acceptors (Lipinski definition) is 2. The van der Waals surface area contributed by atoms with E-state index in [2.05, 4.69) is 0 Å². The fraction of sp³-hybridized carbons (Fsp3) is 0.286. The molecule has 1 aromatic carbocycles. The standard InChI is InChI=1S/C14H15FOS/c1-8-4-5-17-14(8)13(16)12-9(2)6-11(15)7-10(12)3/h4-7,13,16H,1-3H3. The van der Waals surface area contributed by atoms with Crippen LogP contribution in [0.25, 0.3) is 0 Å². The molecule has 1 atom stereocenters. The number of aliphatic hydroxyl groups is 1. The van der Waals surface area contributed by atoms with Crippen molar-refractivity contribution in [3.8, 4) is 0 Å². The van der Waals surface area contributed by atoms with Gasteiger partial charge in [-0.1, -0.05) is 0 Å². The number of rotatable bonds is 2. The van der Waals surface area contributed by atoms with Crippen molar-refractivity contribution in [3.63, 3.8) is 0 Å². The van der Waals surface area contributed by atoms with Gasteiger partial charge in [-0.15, -0.1) is 11.3 Å². The Kier molecular flexibility index (Phi) is 3.31. The van der Waals surface area contributed by atoms with Crippen molar-refractivity contribution in [2.45, 2.75) is 26.9 Å². The van der Waals surface area contributed by atoms with Crippen LogP contribution in [0.1, 0.15) is 33.2 Å². The minimum Gasteiger partial charge on any atom is -0.383 e. The molecule has 0 bridgehead atoms. The van der Waals surface area contributed by atoms with E-state index in [4.69, 9.17) is 0 Å². The molecule has 0 radical (unpaired) electrons. The lowest BCUT2D eigenvalue weighted by Crippen LogP contribution is -2.04. The molecule has 90 valence electrons. The van der Waals surface area contributed by atoms with E-state index in [1.807, 2.05) is 32.2 Å². The van der Waals surface area contributed by atoms with Gasteiger partial charge >= 0.3 is 0 Å². The summed E-state index contributed by atoms with van der Waals surface area (Å²) in [5.74, 6) is -0.251. The van der Waals surface area contributed by atoms with Crippen LogP contribution in [0.4, 0.5) is 4.39 Å². The Bertz CT molecular complexity index is 522. The van der Waals surface area contributed by atoms with Crippen molar-refractivity contribution < 1.29 is 9.50 Å². The van der Waals surface area contributed by atoms with Crippen LogP contribution in [0, 0.1) is 26.6 Å². The third kappa shape index (κ3) is 2.26. The quantitative estimate of drug-likeness (QED) is 0.857. The van der Waals surface area contributed by atoms with Gasteiger partial charge in [0, 0.05) is 4.88 Å². The zero-order valence-electron chi connectivity index (χ0n) is 10.1. The molecule has 1 aromatic heterocycles. The number of aryl methyl sites for hydroxylation is 3. The van der Waals surface area contributed by atoms with E-state index < -0.39 is 6.10 Å². The first-order valence-electron chi connectivity index (χ1n) is 5.49. The van der Waals surface area contributed by atoms with E-state index in [9.17, 15) is 9.50 Å². The maximum Gasteiger partial charge on any atom is 0.123 e. The van der Waals surface area contributed by atoms with E-state index in [0.29, 0.717) is 0 Å². The van der Waals surface area contributed by atoms with E-state index in [0.717, 1.165) is 27.1 Å². The normalized spacial score (nSPS) is 12.8. The van der Waals surface area contributed by atoms with Crippen LogP contribution in [-0.2, 0) is 0 Å². The molecule has 0 aliphatic carbocycles. The summed E-state index contributed by atoms with van der Waals surface area (Å²) in [6.07, 6.45) is -0.657. The van der Waals surface area contributed by atoms with Crippen molar-refractivity contribution in [1.82, 2.24) is 0 Å². The Hall–Kier alpha value is -1.19. The average Bonchev–Trinajstić information content (AvgIpc) is 2.62. The summed E-state index contributed by atoms with van der Waals surface area (Å²) >= 11 is 1.53. The average molecular weight is 250 g/mol. The Morgan fingerprint density at radius 1 is 1.12 bits per heavy atom. The lowest BCUT2D eigenvalue weighted by atomic mass is 9.96. The van der Waals surface area contributed by atoms with Crippen molar-refractivity contribution >= 4 is 11.3 Å². The van der Waals surface area contributed by atoms with Gasteiger partial charge in [-0.25, -0.2) is 4.39 Å². The summed E-state index contributed by atoms with van der Waals surface area (Å²) in [7, 11) is 0. The van der Waals surface area contributed by atoms with Gasteiger partial charge in [0.1, 0.15) is 11.9 Å². The number of hydrogen-bond donors (Lipinski definition) is 1. The molecule has 0 amide bonds. The van der Waals surface area contributed by atoms with E-state index in [1.54, 1.807) is 0 Å². The molecule has 0 fully saturated rings. The zero-order valence-corrected chi connectivity index (χ0v) is 10.9. The third-order valence-electron chi connectivity index (χ3n) is 2.98. The molecule has 1 unspecified atom stereocenters. The zero-order chi connectivity index (χ0) is 12.6. The molecule has 1 N–H and O–H groups in total. The van der Waals surface area contributed by atoms with Crippen molar-refractivity contribution in [1.29, 1.82) is 0 Å². The van der Waals surface area contributed by atoms with Gasteiger partial charge < -0.3 is 5.11 Å². The summed E-state index contributed by atoms with van der Waals surface area (Å²) in [4.78, 5) is 0.933. The first-order valence-corrected chi connectivity index (χ1v) is 6.37. The van der Waals surface area contributed by atoms with Crippen LogP contribution in [0.3, 0.4) is 0 Å². The number of aliphatic hydroxyl groups excluding tert-OH is 1. The first kappa shape index (κ1) is 12.3. The van der Waals surface area contributed by atoms with Crippen LogP contribution < -0.4 is 0 Å².